The van der Waals surface area contributed by atoms with Crippen molar-refractivity contribution in [3.63, 3.8) is 0 Å². The minimum absolute atomic E-state index is 0.323. The molecule has 29 heavy (non-hydrogen) atoms. The molecule has 9 heteroatoms. The maximum absolute atomic E-state index is 12.9. The third-order valence-corrected chi connectivity index (χ3v) is 6.08. The second kappa shape index (κ2) is 9.04. The van der Waals surface area contributed by atoms with E-state index >= 15 is 0 Å². The van der Waals surface area contributed by atoms with E-state index in [0.717, 1.165) is 33.5 Å². The number of amides is 4. The Kier molecular flexibility index (Phi) is 6.69. The van der Waals surface area contributed by atoms with Crippen LogP contribution in [0.2, 0.25) is 0 Å². The van der Waals surface area contributed by atoms with E-state index in [2.05, 4.69) is 31.5 Å². The summed E-state index contributed by atoms with van der Waals surface area (Å²) in [6, 6.07) is 7.19. The molecule has 0 saturated carbocycles. The van der Waals surface area contributed by atoms with E-state index < -0.39 is 17.5 Å². The Morgan fingerprint density at radius 2 is 1.86 bits per heavy atom. The average Bonchev–Trinajstić information content (AvgIpc) is 3.22. The molecule has 1 aromatic heterocycles. The molecule has 1 aliphatic rings. The molecule has 1 fully saturated rings. The first-order chi connectivity index (χ1) is 13.9. The smallest absolute Gasteiger partial charge is 0.323 e. The van der Waals surface area contributed by atoms with Gasteiger partial charge in [0.05, 0.1) is 5.69 Å². The molecule has 1 aromatic carbocycles. The van der Waals surface area contributed by atoms with Gasteiger partial charge in [-0.2, -0.15) is 0 Å². The molecular weight excluding hydrogens is 456 g/mol. The maximum atomic E-state index is 12.9. The third kappa shape index (κ3) is 4.67. The van der Waals surface area contributed by atoms with Crippen molar-refractivity contribution >= 4 is 50.2 Å². The highest BCUT2D eigenvalue weighted by Gasteiger charge is 2.50. The standard InChI is InChI=1S/C20H23BrN4O3S/c1-3-9-20(10-4-2)17(27)25(19(28)24-20)11-16(26)23-18-22-15(12-29-18)13-5-7-14(21)8-6-13/h5-8,12H,3-4,9-11H2,1-2H3,(H,24,28)(H,22,23,26). The lowest BCUT2D eigenvalue weighted by Gasteiger charge is -2.25. The number of carbonyl (C=O) groups is 3. The highest BCUT2D eigenvalue weighted by molar-refractivity contribution is 9.10. The van der Waals surface area contributed by atoms with Crippen LogP contribution in [-0.2, 0) is 9.59 Å². The number of hydrogen-bond acceptors (Lipinski definition) is 5. The summed E-state index contributed by atoms with van der Waals surface area (Å²) < 4.78 is 0.973. The maximum Gasteiger partial charge on any atom is 0.325 e. The van der Waals surface area contributed by atoms with Crippen LogP contribution in [0.1, 0.15) is 39.5 Å². The largest absolute Gasteiger partial charge is 0.325 e. The Morgan fingerprint density at radius 1 is 1.21 bits per heavy atom. The molecule has 154 valence electrons. The third-order valence-electron chi connectivity index (χ3n) is 4.79. The van der Waals surface area contributed by atoms with Gasteiger partial charge in [0, 0.05) is 15.4 Å². The lowest BCUT2D eigenvalue weighted by atomic mass is 9.88. The summed E-state index contributed by atoms with van der Waals surface area (Å²) in [5.74, 6) is -0.773. The van der Waals surface area contributed by atoms with Crippen molar-refractivity contribution in [1.29, 1.82) is 0 Å². The molecule has 0 spiro atoms. The molecule has 4 amide bonds. The van der Waals surface area contributed by atoms with Gasteiger partial charge in [-0.15, -0.1) is 11.3 Å². The van der Waals surface area contributed by atoms with Gasteiger partial charge in [-0.25, -0.2) is 9.78 Å². The fourth-order valence-electron chi connectivity index (χ4n) is 3.52. The molecule has 0 aliphatic carbocycles. The van der Waals surface area contributed by atoms with E-state index in [1.165, 1.54) is 11.3 Å². The summed E-state index contributed by atoms with van der Waals surface area (Å²) in [4.78, 5) is 43.1. The normalized spacial score (nSPS) is 15.5. The zero-order valence-corrected chi connectivity index (χ0v) is 18.7. The van der Waals surface area contributed by atoms with Crippen LogP contribution in [0.4, 0.5) is 9.93 Å². The summed E-state index contributed by atoms with van der Waals surface area (Å²) in [7, 11) is 0. The van der Waals surface area contributed by atoms with E-state index in [-0.39, 0.29) is 12.5 Å². The van der Waals surface area contributed by atoms with Crippen molar-refractivity contribution in [2.45, 2.75) is 45.1 Å². The molecule has 0 unspecified atom stereocenters. The van der Waals surface area contributed by atoms with Crippen LogP contribution >= 0.6 is 27.3 Å². The molecule has 2 heterocycles. The summed E-state index contributed by atoms with van der Waals surface area (Å²) in [6.45, 7) is 3.61. The Bertz CT molecular complexity index is 907. The van der Waals surface area contributed by atoms with Gasteiger partial charge in [-0.05, 0) is 25.0 Å². The molecule has 3 rings (SSSR count). The highest BCUT2D eigenvalue weighted by Crippen LogP contribution is 2.29. The predicted molar refractivity (Wildman–Crippen MR) is 117 cm³/mol. The van der Waals surface area contributed by atoms with Crippen molar-refractivity contribution in [2.24, 2.45) is 0 Å². The number of halogens is 1. The van der Waals surface area contributed by atoms with Crippen LogP contribution in [0.5, 0.6) is 0 Å². The van der Waals surface area contributed by atoms with Crippen LogP contribution < -0.4 is 10.6 Å². The van der Waals surface area contributed by atoms with E-state index in [9.17, 15) is 14.4 Å². The zero-order chi connectivity index (χ0) is 21.0. The van der Waals surface area contributed by atoms with E-state index in [1.54, 1.807) is 0 Å². The van der Waals surface area contributed by atoms with Gasteiger partial charge < -0.3 is 10.6 Å². The topological polar surface area (TPSA) is 91.4 Å². The summed E-state index contributed by atoms with van der Waals surface area (Å²) >= 11 is 4.69. The number of aromatic nitrogens is 1. The number of urea groups is 1. The Morgan fingerprint density at radius 3 is 2.48 bits per heavy atom. The summed E-state index contributed by atoms with van der Waals surface area (Å²) in [5, 5.41) is 7.77. The lowest BCUT2D eigenvalue weighted by Crippen LogP contribution is -2.47. The molecule has 1 aliphatic heterocycles. The number of nitrogens with one attached hydrogen (secondary N) is 2. The fourth-order valence-corrected chi connectivity index (χ4v) is 4.52. The van der Waals surface area contributed by atoms with Gasteiger partial charge in [-0.3, -0.25) is 14.5 Å². The van der Waals surface area contributed by atoms with E-state index in [1.807, 2.05) is 43.5 Å². The minimum Gasteiger partial charge on any atom is -0.323 e. The molecular formula is C20H23BrN4O3S. The number of imide groups is 1. The number of thiazole rings is 1. The van der Waals surface area contributed by atoms with E-state index in [0.29, 0.717) is 18.0 Å². The first kappa shape index (κ1) is 21.4. The summed E-state index contributed by atoms with van der Waals surface area (Å²) in [5.41, 5.74) is 0.789. The molecule has 1 saturated heterocycles. The molecule has 0 radical (unpaired) electrons. The second-order valence-electron chi connectivity index (χ2n) is 7.00. The zero-order valence-electron chi connectivity index (χ0n) is 16.3. The molecule has 2 aromatic rings. The number of hydrogen-bond donors (Lipinski definition) is 2. The van der Waals surface area contributed by atoms with Crippen LogP contribution in [0.15, 0.2) is 34.1 Å². The van der Waals surface area contributed by atoms with Crippen LogP contribution in [0.3, 0.4) is 0 Å². The van der Waals surface area contributed by atoms with Gasteiger partial charge in [0.1, 0.15) is 12.1 Å². The molecule has 0 atom stereocenters. The Balaban J connectivity index is 1.66. The van der Waals surface area contributed by atoms with E-state index in [4.69, 9.17) is 0 Å². The highest BCUT2D eigenvalue weighted by atomic mass is 79.9. The van der Waals surface area contributed by atoms with Crippen LogP contribution in [0.25, 0.3) is 11.3 Å². The number of carbonyl (C=O) groups excluding carboxylic acids is 3. The van der Waals surface area contributed by atoms with Crippen molar-refractivity contribution in [1.82, 2.24) is 15.2 Å². The molecule has 0 bridgehead atoms. The number of rotatable bonds is 8. The predicted octanol–water partition coefficient (Wildman–Crippen LogP) is 4.40. The van der Waals surface area contributed by atoms with Crippen molar-refractivity contribution in [3.05, 3.63) is 34.1 Å². The first-order valence-corrected chi connectivity index (χ1v) is 11.2. The minimum atomic E-state index is -0.892. The van der Waals surface area contributed by atoms with Crippen molar-refractivity contribution < 1.29 is 14.4 Å². The van der Waals surface area contributed by atoms with Gasteiger partial charge in [0.2, 0.25) is 5.91 Å². The number of benzene rings is 1. The van der Waals surface area contributed by atoms with Crippen LogP contribution in [0, 0.1) is 0 Å². The van der Waals surface area contributed by atoms with Crippen LogP contribution in [-0.4, -0.2) is 39.8 Å². The van der Waals surface area contributed by atoms with Gasteiger partial charge in [0.25, 0.3) is 5.91 Å². The fraction of sp³-hybridized carbons (Fsp3) is 0.400. The quantitative estimate of drug-likeness (QED) is 0.549. The first-order valence-electron chi connectivity index (χ1n) is 9.54. The number of nitrogens with zero attached hydrogens (tertiary/aromatic N) is 2. The van der Waals surface area contributed by atoms with Crippen molar-refractivity contribution in [3.8, 4) is 11.3 Å². The molecule has 7 nitrogen and oxygen atoms in total. The Hall–Kier alpha value is -2.26. The number of anilines is 1. The van der Waals surface area contributed by atoms with Gasteiger partial charge in [0.15, 0.2) is 5.13 Å². The monoisotopic (exact) mass is 478 g/mol. The van der Waals surface area contributed by atoms with Gasteiger partial charge >= 0.3 is 6.03 Å². The second-order valence-corrected chi connectivity index (χ2v) is 8.77. The lowest BCUT2D eigenvalue weighted by molar-refractivity contribution is -0.134. The molecule has 2 N–H and O–H groups in total. The summed E-state index contributed by atoms with van der Waals surface area (Å²) in [6.07, 6.45) is 2.66. The SMILES string of the molecule is CCCC1(CCC)NC(=O)N(CC(=O)Nc2nc(-c3ccc(Br)cc3)cs2)C1=O. The van der Waals surface area contributed by atoms with Gasteiger partial charge in [-0.1, -0.05) is 54.8 Å². The van der Waals surface area contributed by atoms with Crippen molar-refractivity contribution in [2.75, 3.05) is 11.9 Å². The Labute approximate surface area is 182 Å². The average molecular weight is 479 g/mol.